The SMILES string of the molecule is Cc1cc(OCn2nc(C)c(NC(=O)CCn3cc(C(=O)O)cn3)c2C)ccc1Cl. The van der Waals surface area contributed by atoms with Crippen molar-refractivity contribution in [2.24, 2.45) is 0 Å². The van der Waals surface area contributed by atoms with Crippen molar-refractivity contribution in [3.63, 3.8) is 0 Å². The molecule has 0 bridgehead atoms. The topological polar surface area (TPSA) is 111 Å². The minimum Gasteiger partial charge on any atom is -0.478 e. The van der Waals surface area contributed by atoms with Gasteiger partial charge in [-0.25, -0.2) is 9.48 Å². The van der Waals surface area contributed by atoms with Gasteiger partial charge in [0.1, 0.15) is 5.75 Å². The lowest BCUT2D eigenvalue weighted by Crippen LogP contribution is -2.16. The maximum absolute atomic E-state index is 12.3. The number of ether oxygens (including phenoxy) is 1. The number of aromatic nitrogens is 4. The van der Waals surface area contributed by atoms with Gasteiger partial charge in [0.25, 0.3) is 0 Å². The van der Waals surface area contributed by atoms with E-state index in [-0.39, 0.29) is 31.2 Å². The molecule has 3 aromatic rings. The number of rotatable bonds is 8. The molecular formula is C20H22ClN5O4. The Morgan fingerprint density at radius 2 is 2.03 bits per heavy atom. The number of carboxylic acids is 1. The van der Waals surface area contributed by atoms with Crippen molar-refractivity contribution in [1.29, 1.82) is 0 Å². The van der Waals surface area contributed by atoms with Crippen LogP contribution in [0.5, 0.6) is 5.75 Å². The number of hydrogen-bond acceptors (Lipinski definition) is 5. The molecule has 0 unspecified atom stereocenters. The monoisotopic (exact) mass is 431 g/mol. The summed E-state index contributed by atoms with van der Waals surface area (Å²) >= 11 is 6.03. The average Bonchev–Trinajstić information content (AvgIpc) is 3.28. The van der Waals surface area contributed by atoms with Crippen molar-refractivity contribution in [2.45, 2.75) is 40.5 Å². The molecule has 1 amide bonds. The van der Waals surface area contributed by atoms with Crippen LogP contribution in [-0.2, 0) is 18.1 Å². The van der Waals surface area contributed by atoms with E-state index in [1.54, 1.807) is 23.7 Å². The number of anilines is 1. The third-order valence-electron chi connectivity index (χ3n) is 4.58. The fourth-order valence-corrected chi connectivity index (χ4v) is 2.98. The number of nitrogens with zero attached hydrogens (tertiary/aromatic N) is 4. The molecule has 9 nitrogen and oxygen atoms in total. The Hall–Kier alpha value is -3.33. The predicted octanol–water partition coefficient (Wildman–Crippen LogP) is 3.42. The zero-order chi connectivity index (χ0) is 21.8. The van der Waals surface area contributed by atoms with Gasteiger partial charge >= 0.3 is 5.97 Å². The smallest absolute Gasteiger partial charge is 0.338 e. The lowest BCUT2D eigenvalue weighted by atomic mass is 10.2. The summed E-state index contributed by atoms with van der Waals surface area (Å²) in [5, 5.41) is 20.8. The lowest BCUT2D eigenvalue weighted by Gasteiger charge is -2.10. The number of amides is 1. The highest BCUT2D eigenvalue weighted by molar-refractivity contribution is 6.31. The number of nitrogens with one attached hydrogen (secondary N) is 1. The molecule has 158 valence electrons. The highest BCUT2D eigenvalue weighted by atomic mass is 35.5. The van der Waals surface area contributed by atoms with E-state index in [1.165, 1.54) is 17.1 Å². The summed E-state index contributed by atoms with van der Waals surface area (Å²) in [4.78, 5) is 23.2. The number of aryl methyl sites for hydroxylation is 3. The minimum absolute atomic E-state index is 0.0826. The normalized spacial score (nSPS) is 10.8. The molecular weight excluding hydrogens is 410 g/mol. The van der Waals surface area contributed by atoms with Crippen molar-refractivity contribution in [1.82, 2.24) is 19.6 Å². The summed E-state index contributed by atoms with van der Waals surface area (Å²) in [6.45, 7) is 6.01. The van der Waals surface area contributed by atoms with E-state index in [1.807, 2.05) is 19.9 Å². The van der Waals surface area contributed by atoms with E-state index in [4.69, 9.17) is 21.4 Å². The summed E-state index contributed by atoms with van der Waals surface area (Å²) < 4.78 is 8.87. The van der Waals surface area contributed by atoms with Gasteiger partial charge in [-0.3, -0.25) is 9.48 Å². The lowest BCUT2D eigenvalue weighted by molar-refractivity contribution is -0.116. The average molecular weight is 432 g/mol. The Bertz CT molecular complexity index is 1090. The van der Waals surface area contributed by atoms with Crippen LogP contribution in [-0.4, -0.2) is 36.5 Å². The van der Waals surface area contributed by atoms with E-state index >= 15 is 0 Å². The summed E-state index contributed by atoms with van der Waals surface area (Å²) in [6.07, 6.45) is 2.78. The van der Waals surface area contributed by atoms with Crippen molar-refractivity contribution >= 4 is 29.2 Å². The van der Waals surface area contributed by atoms with Gasteiger partial charge < -0.3 is 15.2 Å². The first-order chi connectivity index (χ1) is 14.2. The van der Waals surface area contributed by atoms with E-state index < -0.39 is 5.97 Å². The van der Waals surface area contributed by atoms with Crippen molar-refractivity contribution in [3.05, 3.63) is 58.1 Å². The molecule has 2 N–H and O–H groups in total. The summed E-state index contributed by atoms with van der Waals surface area (Å²) in [5.74, 6) is -0.599. The van der Waals surface area contributed by atoms with Crippen LogP contribution in [0.25, 0.3) is 0 Å². The number of benzene rings is 1. The Morgan fingerprint density at radius 1 is 1.27 bits per heavy atom. The molecule has 0 aliphatic heterocycles. The Balaban J connectivity index is 1.59. The van der Waals surface area contributed by atoms with Gasteiger partial charge in [-0.05, 0) is 44.5 Å². The Kier molecular flexibility index (Phi) is 6.41. The Labute approximate surface area is 178 Å². The van der Waals surface area contributed by atoms with Crippen LogP contribution in [0.3, 0.4) is 0 Å². The number of halogens is 1. The molecule has 30 heavy (non-hydrogen) atoms. The van der Waals surface area contributed by atoms with Gasteiger partial charge in [0.05, 0.1) is 28.8 Å². The zero-order valence-electron chi connectivity index (χ0n) is 16.8. The van der Waals surface area contributed by atoms with Crippen LogP contribution in [0.4, 0.5) is 5.69 Å². The van der Waals surface area contributed by atoms with Crippen molar-refractivity contribution in [3.8, 4) is 5.75 Å². The summed E-state index contributed by atoms with van der Waals surface area (Å²) in [5.41, 5.74) is 3.06. The molecule has 0 fully saturated rings. The molecule has 10 heteroatoms. The van der Waals surface area contributed by atoms with Crippen LogP contribution < -0.4 is 10.1 Å². The van der Waals surface area contributed by atoms with Gasteiger partial charge in [0.15, 0.2) is 6.73 Å². The van der Waals surface area contributed by atoms with Crippen LogP contribution in [0, 0.1) is 20.8 Å². The maximum Gasteiger partial charge on any atom is 0.338 e. The van der Waals surface area contributed by atoms with E-state index in [0.717, 1.165) is 11.3 Å². The number of carbonyl (C=O) groups excluding carboxylic acids is 1. The third kappa shape index (κ3) is 4.98. The van der Waals surface area contributed by atoms with Gasteiger partial charge in [-0.1, -0.05) is 11.6 Å². The molecule has 0 saturated heterocycles. The van der Waals surface area contributed by atoms with Crippen molar-refractivity contribution < 1.29 is 19.4 Å². The number of carbonyl (C=O) groups is 2. The highest BCUT2D eigenvalue weighted by Gasteiger charge is 2.15. The molecule has 0 atom stereocenters. The molecule has 0 saturated carbocycles. The molecule has 0 aliphatic carbocycles. The standard InChI is InChI=1S/C20H22ClN5O4/c1-12-8-16(4-5-17(12)21)30-11-26-14(3)19(13(2)24-26)23-18(27)6-7-25-10-15(9-22-25)20(28)29/h4-5,8-10H,6-7,11H2,1-3H3,(H,23,27)(H,28,29). The highest BCUT2D eigenvalue weighted by Crippen LogP contribution is 2.23. The first-order valence-corrected chi connectivity index (χ1v) is 9.61. The van der Waals surface area contributed by atoms with Crippen molar-refractivity contribution in [2.75, 3.05) is 5.32 Å². The molecule has 2 heterocycles. The minimum atomic E-state index is -1.06. The van der Waals surface area contributed by atoms with Crippen LogP contribution in [0.1, 0.15) is 33.7 Å². The predicted molar refractivity (Wildman–Crippen MR) is 111 cm³/mol. The number of aromatic carboxylic acids is 1. The fraction of sp³-hybridized carbons (Fsp3) is 0.300. The molecule has 1 aromatic carbocycles. The molecule has 0 aliphatic rings. The second-order valence-corrected chi connectivity index (χ2v) is 7.23. The fourth-order valence-electron chi connectivity index (χ4n) is 2.86. The first-order valence-electron chi connectivity index (χ1n) is 9.23. The quantitative estimate of drug-likeness (QED) is 0.565. The van der Waals surface area contributed by atoms with Gasteiger partial charge in [-0.15, -0.1) is 0 Å². The molecule has 2 aromatic heterocycles. The maximum atomic E-state index is 12.3. The third-order valence-corrected chi connectivity index (χ3v) is 5.00. The van der Waals surface area contributed by atoms with Crippen LogP contribution in [0.15, 0.2) is 30.6 Å². The molecule has 0 spiro atoms. The molecule has 3 rings (SSSR count). The van der Waals surface area contributed by atoms with Crippen LogP contribution >= 0.6 is 11.6 Å². The van der Waals surface area contributed by atoms with E-state index in [2.05, 4.69) is 15.5 Å². The second-order valence-electron chi connectivity index (χ2n) is 6.83. The van der Waals surface area contributed by atoms with E-state index in [9.17, 15) is 9.59 Å². The van der Waals surface area contributed by atoms with Gasteiger partial charge in [-0.2, -0.15) is 10.2 Å². The zero-order valence-corrected chi connectivity index (χ0v) is 17.6. The van der Waals surface area contributed by atoms with Crippen LogP contribution in [0.2, 0.25) is 5.02 Å². The van der Waals surface area contributed by atoms with Gasteiger partial charge in [0.2, 0.25) is 5.91 Å². The largest absolute Gasteiger partial charge is 0.478 e. The van der Waals surface area contributed by atoms with Gasteiger partial charge in [0, 0.05) is 24.2 Å². The number of carboxylic acid groups (broad SMARTS) is 1. The summed E-state index contributed by atoms with van der Waals surface area (Å²) in [7, 11) is 0. The first kappa shape index (κ1) is 21.4. The number of hydrogen-bond donors (Lipinski definition) is 2. The Morgan fingerprint density at radius 3 is 2.70 bits per heavy atom. The second kappa shape index (κ2) is 9.00. The summed E-state index contributed by atoms with van der Waals surface area (Å²) in [6, 6.07) is 5.41. The molecule has 0 radical (unpaired) electrons. The van der Waals surface area contributed by atoms with E-state index in [0.29, 0.717) is 22.2 Å².